The van der Waals surface area contributed by atoms with Gasteiger partial charge in [-0.2, -0.15) is 0 Å². The van der Waals surface area contributed by atoms with Crippen molar-refractivity contribution in [2.24, 2.45) is 11.7 Å². The lowest BCUT2D eigenvalue weighted by atomic mass is 10.1. The van der Waals surface area contributed by atoms with Gasteiger partial charge >= 0.3 is 0 Å². The van der Waals surface area contributed by atoms with E-state index in [0.29, 0.717) is 37.3 Å². The molecule has 1 atom stereocenters. The van der Waals surface area contributed by atoms with Crippen molar-refractivity contribution in [1.82, 2.24) is 15.1 Å². The smallest absolute Gasteiger partial charge is 0.254 e. The number of piperazine rings is 1. The predicted molar refractivity (Wildman–Crippen MR) is 99.4 cm³/mol. The molecule has 1 heterocycles. The summed E-state index contributed by atoms with van der Waals surface area (Å²) in [4.78, 5) is 39.7. The molecule has 0 radical (unpaired) electrons. The van der Waals surface area contributed by atoms with Crippen molar-refractivity contribution in [2.45, 2.75) is 26.8 Å². The lowest BCUT2D eigenvalue weighted by Crippen LogP contribution is -2.53. The Kier molecular flexibility index (Phi) is 6.90. The fourth-order valence-electron chi connectivity index (χ4n) is 2.76. The SMILES string of the molecule is Cc1ccc(C(=O)N2CCN(C(=O)CNC(=O)[C@@H](N)C(C)C)CC2)cc1F. The number of rotatable bonds is 5. The second-order valence-corrected chi connectivity index (χ2v) is 7.12. The van der Waals surface area contributed by atoms with Gasteiger partial charge in [-0.15, -0.1) is 0 Å². The Labute approximate surface area is 158 Å². The van der Waals surface area contributed by atoms with Crippen LogP contribution in [0.2, 0.25) is 0 Å². The van der Waals surface area contributed by atoms with Crippen LogP contribution in [0.15, 0.2) is 18.2 Å². The quantitative estimate of drug-likeness (QED) is 0.781. The molecule has 0 aromatic heterocycles. The van der Waals surface area contributed by atoms with Gasteiger partial charge in [-0.3, -0.25) is 14.4 Å². The van der Waals surface area contributed by atoms with Crippen molar-refractivity contribution in [1.29, 1.82) is 0 Å². The van der Waals surface area contributed by atoms with Gasteiger partial charge in [0, 0.05) is 31.7 Å². The van der Waals surface area contributed by atoms with Crippen LogP contribution in [0.3, 0.4) is 0 Å². The highest BCUT2D eigenvalue weighted by molar-refractivity contribution is 5.94. The normalized spacial score (nSPS) is 15.6. The van der Waals surface area contributed by atoms with E-state index in [1.807, 2.05) is 13.8 Å². The Morgan fingerprint density at radius 3 is 2.30 bits per heavy atom. The van der Waals surface area contributed by atoms with Crippen LogP contribution in [0.1, 0.15) is 29.8 Å². The molecule has 148 valence electrons. The number of benzene rings is 1. The summed E-state index contributed by atoms with van der Waals surface area (Å²) < 4.78 is 13.7. The first-order chi connectivity index (χ1) is 12.7. The van der Waals surface area contributed by atoms with E-state index in [-0.39, 0.29) is 30.2 Å². The van der Waals surface area contributed by atoms with E-state index in [4.69, 9.17) is 5.73 Å². The molecule has 0 unspecified atom stereocenters. The first kappa shape index (κ1) is 20.8. The van der Waals surface area contributed by atoms with Gasteiger partial charge in [0.15, 0.2) is 0 Å². The number of carbonyl (C=O) groups is 3. The summed E-state index contributed by atoms with van der Waals surface area (Å²) in [5, 5.41) is 2.55. The number of halogens is 1. The fourth-order valence-corrected chi connectivity index (χ4v) is 2.76. The Balaban J connectivity index is 1.83. The summed E-state index contributed by atoms with van der Waals surface area (Å²) >= 11 is 0. The van der Waals surface area contributed by atoms with Crippen molar-refractivity contribution in [3.05, 3.63) is 35.1 Å². The summed E-state index contributed by atoms with van der Waals surface area (Å²) in [6.45, 7) is 6.65. The number of nitrogens with one attached hydrogen (secondary N) is 1. The van der Waals surface area contributed by atoms with Gasteiger partial charge in [0.2, 0.25) is 11.8 Å². The van der Waals surface area contributed by atoms with Crippen molar-refractivity contribution in [2.75, 3.05) is 32.7 Å². The Morgan fingerprint density at radius 2 is 1.74 bits per heavy atom. The van der Waals surface area contributed by atoms with Crippen LogP contribution in [0.4, 0.5) is 4.39 Å². The monoisotopic (exact) mass is 378 g/mol. The second-order valence-electron chi connectivity index (χ2n) is 7.12. The third-order valence-corrected chi connectivity index (χ3v) is 4.77. The molecule has 1 aliphatic heterocycles. The van der Waals surface area contributed by atoms with E-state index in [2.05, 4.69) is 5.32 Å². The molecule has 0 saturated carbocycles. The van der Waals surface area contributed by atoms with Gasteiger partial charge in [0.25, 0.3) is 5.91 Å². The summed E-state index contributed by atoms with van der Waals surface area (Å²) in [6, 6.07) is 3.77. The maximum absolute atomic E-state index is 13.7. The molecule has 7 nitrogen and oxygen atoms in total. The van der Waals surface area contributed by atoms with Gasteiger partial charge in [-0.25, -0.2) is 4.39 Å². The molecule has 1 fully saturated rings. The maximum Gasteiger partial charge on any atom is 0.254 e. The molecule has 3 amide bonds. The van der Waals surface area contributed by atoms with E-state index in [0.717, 1.165) is 0 Å². The highest BCUT2D eigenvalue weighted by Crippen LogP contribution is 2.13. The third kappa shape index (κ3) is 5.26. The average molecular weight is 378 g/mol. The van der Waals surface area contributed by atoms with Crippen molar-refractivity contribution in [3.8, 4) is 0 Å². The van der Waals surface area contributed by atoms with E-state index in [1.165, 1.54) is 6.07 Å². The standard InChI is InChI=1S/C19H27FN4O3/c1-12(2)17(21)18(26)22-11-16(25)23-6-8-24(9-7-23)19(27)14-5-4-13(3)15(20)10-14/h4-5,10,12,17H,6-9,11,21H2,1-3H3,(H,22,26)/t17-/m0/s1. The van der Waals surface area contributed by atoms with Crippen LogP contribution in [0.25, 0.3) is 0 Å². The number of hydrogen-bond donors (Lipinski definition) is 2. The van der Waals surface area contributed by atoms with Gasteiger partial charge < -0.3 is 20.9 Å². The molecule has 1 saturated heterocycles. The van der Waals surface area contributed by atoms with Crippen LogP contribution in [0, 0.1) is 18.7 Å². The van der Waals surface area contributed by atoms with Gasteiger partial charge in [-0.05, 0) is 30.5 Å². The molecular formula is C19H27FN4O3. The first-order valence-corrected chi connectivity index (χ1v) is 9.07. The second kappa shape index (κ2) is 8.94. The first-order valence-electron chi connectivity index (χ1n) is 9.07. The van der Waals surface area contributed by atoms with Gasteiger partial charge in [-0.1, -0.05) is 19.9 Å². The molecule has 1 aromatic carbocycles. The molecule has 1 aromatic rings. The Hall–Kier alpha value is -2.48. The minimum absolute atomic E-state index is 0.0127. The molecule has 8 heteroatoms. The topological polar surface area (TPSA) is 95.7 Å². The zero-order valence-electron chi connectivity index (χ0n) is 16.0. The number of nitrogens with two attached hydrogens (primary N) is 1. The minimum atomic E-state index is -0.651. The van der Waals surface area contributed by atoms with Crippen LogP contribution in [-0.2, 0) is 9.59 Å². The number of amides is 3. The highest BCUT2D eigenvalue weighted by atomic mass is 19.1. The van der Waals surface area contributed by atoms with Gasteiger partial charge in [0.05, 0.1) is 12.6 Å². The van der Waals surface area contributed by atoms with Crippen LogP contribution < -0.4 is 11.1 Å². The van der Waals surface area contributed by atoms with Crippen molar-refractivity contribution in [3.63, 3.8) is 0 Å². The Bertz CT molecular complexity index is 715. The van der Waals surface area contributed by atoms with Gasteiger partial charge in [0.1, 0.15) is 5.82 Å². The van der Waals surface area contributed by atoms with Crippen LogP contribution >= 0.6 is 0 Å². The highest BCUT2D eigenvalue weighted by Gasteiger charge is 2.26. The average Bonchev–Trinajstić information content (AvgIpc) is 2.66. The summed E-state index contributed by atoms with van der Waals surface area (Å²) in [6.07, 6.45) is 0. The molecular weight excluding hydrogens is 351 g/mol. The maximum atomic E-state index is 13.7. The number of hydrogen-bond acceptors (Lipinski definition) is 4. The molecule has 0 aliphatic carbocycles. The number of aryl methyl sites for hydroxylation is 1. The third-order valence-electron chi connectivity index (χ3n) is 4.77. The summed E-state index contributed by atoms with van der Waals surface area (Å²) in [5.74, 6) is -1.25. The molecule has 0 spiro atoms. The Morgan fingerprint density at radius 1 is 1.15 bits per heavy atom. The predicted octanol–water partition coefficient (Wildman–Crippen LogP) is 0.518. The molecule has 1 aliphatic rings. The van der Waals surface area contributed by atoms with E-state index >= 15 is 0 Å². The summed E-state index contributed by atoms with van der Waals surface area (Å²) in [7, 11) is 0. The molecule has 3 N–H and O–H groups in total. The van der Waals surface area contributed by atoms with E-state index in [1.54, 1.807) is 28.9 Å². The zero-order chi connectivity index (χ0) is 20.1. The molecule has 27 heavy (non-hydrogen) atoms. The zero-order valence-corrected chi connectivity index (χ0v) is 16.0. The van der Waals surface area contributed by atoms with E-state index in [9.17, 15) is 18.8 Å². The largest absolute Gasteiger partial charge is 0.346 e. The number of carbonyl (C=O) groups excluding carboxylic acids is 3. The van der Waals surface area contributed by atoms with Crippen molar-refractivity contribution >= 4 is 17.7 Å². The lowest BCUT2D eigenvalue weighted by Gasteiger charge is -2.35. The minimum Gasteiger partial charge on any atom is -0.346 e. The van der Waals surface area contributed by atoms with Crippen LogP contribution in [-0.4, -0.2) is 66.3 Å². The van der Waals surface area contributed by atoms with E-state index < -0.39 is 11.9 Å². The van der Waals surface area contributed by atoms with Crippen LogP contribution in [0.5, 0.6) is 0 Å². The van der Waals surface area contributed by atoms with Crippen molar-refractivity contribution < 1.29 is 18.8 Å². The number of nitrogens with zero attached hydrogens (tertiary/aromatic N) is 2. The summed E-state index contributed by atoms with van der Waals surface area (Å²) in [5.41, 5.74) is 6.53. The molecule has 2 rings (SSSR count). The fraction of sp³-hybridized carbons (Fsp3) is 0.526. The molecule has 0 bridgehead atoms. The lowest BCUT2D eigenvalue weighted by molar-refractivity contribution is -0.134.